The van der Waals surface area contributed by atoms with E-state index in [1.165, 1.54) is 30.4 Å². The van der Waals surface area contributed by atoms with Crippen LogP contribution in [0.1, 0.15) is 76.6 Å². The second-order valence-electron chi connectivity index (χ2n) is 10.6. The Balaban J connectivity index is 0.000000252. The average molecular weight is 553 g/mol. The van der Waals surface area contributed by atoms with Gasteiger partial charge in [0.1, 0.15) is 6.29 Å². The Kier molecular flexibility index (Phi) is 13.3. The number of aldehydes is 1. The number of carbonyl (C=O) groups is 1. The highest BCUT2D eigenvalue weighted by atomic mass is 16.1. The molecule has 2 unspecified atom stereocenters. The fourth-order valence-corrected chi connectivity index (χ4v) is 4.86. The van der Waals surface area contributed by atoms with Crippen molar-refractivity contribution in [3.63, 3.8) is 0 Å². The number of aromatic nitrogens is 2. The van der Waals surface area contributed by atoms with E-state index in [-0.39, 0.29) is 0 Å². The summed E-state index contributed by atoms with van der Waals surface area (Å²) in [4.78, 5) is 12.2. The molecule has 1 saturated carbocycles. The van der Waals surface area contributed by atoms with Crippen molar-refractivity contribution in [3.05, 3.63) is 95.7 Å². The summed E-state index contributed by atoms with van der Waals surface area (Å²) in [5, 5.41) is 11.7. The van der Waals surface area contributed by atoms with Crippen molar-refractivity contribution in [1.82, 2.24) is 15.1 Å². The maximum absolute atomic E-state index is 9.57. The van der Waals surface area contributed by atoms with E-state index < -0.39 is 0 Å². The highest BCUT2D eigenvalue weighted by molar-refractivity contribution is 5.89. The molecule has 1 aliphatic heterocycles. The summed E-state index contributed by atoms with van der Waals surface area (Å²) in [5.41, 5.74) is 5.83. The van der Waals surface area contributed by atoms with Crippen LogP contribution in [0.2, 0.25) is 0 Å². The largest absolute Gasteiger partial charge is 0.388 e. The van der Waals surface area contributed by atoms with Gasteiger partial charge in [-0.3, -0.25) is 10.00 Å². The molecule has 2 fully saturated rings. The number of hydrogen-bond donors (Lipinski definition) is 2. The number of carbonyl (C=O) groups excluding carboxylic acids is 1. The Morgan fingerprint density at radius 1 is 0.854 bits per heavy atom. The number of anilines is 1. The first kappa shape index (κ1) is 31.8. The second-order valence-corrected chi connectivity index (χ2v) is 10.6. The van der Waals surface area contributed by atoms with Gasteiger partial charge in [-0.2, -0.15) is 5.10 Å². The Bertz CT molecular complexity index is 1300. The van der Waals surface area contributed by atoms with Crippen LogP contribution in [0.5, 0.6) is 0 Å². The number of rotatable bonds is 6. The fraction of sp³-hybridized carbons (Fsp3) is 0.389. The minimum absolute atomic E-state index is 0.454. The maximum Gasteiger partial charge on any atom is 0.123 e. The van der Waals surface area contributed by atoms with Crippen LogP contribution in [0, 0.1) is 5.92 Å². The lowest BCUT2D eigenvalue weighted by Crippen LogP contribution is -2.42. The van der Waals surface area contributed by atoms with E-state index in [0.29, 0.717) is 18.0 Å². The predicted octanol–water partition coefficient (Wildman–Crippen LogP) is 8.85. The number of nitrogens with zero attached hydrogens (tertiary/aromatic N) is 2. The Morgan fingerprint density at radius 3 is 2.05 bits per heavy atom. The van der Waals surface area contributed by atoms with Crippen molar-refractivity contribution in [2.45, 2.75) is 78.4 Å². The van der Waals surface area contributed by atoms with Crippen LogP contribution in [-0.4, -0.2) is 40.5 Å². The zero-order valence-corrected chi connectivity index (χ0v) is 25.5. The van der Waals surface area contributed by atoms with Crippen molar-refractivity contribution in [3.8, 4) is 0 Å². The van der Waals surface area contributed by atoms with Gasteiger partial charge in [-0.1, -0.05) is 87.0 Å². The summed E-state index contributed by atoms with van der Waals surface area (Å²) in [6.45, 7) is 9.78. The molecule has 5 nitrogen and oxygen atoms in total. The Labute approximate surface area is 247 Å². The van der Waals surface area contributed by atoms with Crippen LogP contribution in [-0.2, 0) is 11.3 Å². The van der Waals surface area contributed by atoms with Gasteiger partial charge < -0.3 is 10.1 Å². The number of likely N-dealkylation sites (tertiary alicyclic amines) is 1. The summed E-state index contributed by atoms with van der Waals surface area (Å²) < 4.78 is 0. The van der Waals surface area contributed by atoms with E-state index in [9.17, 15) is 4.79 Å². The van der Waals surface area contributed by atoms with Gasteiger partial charge in [0.2, 0.25) is 0 Å². The lowest BCUT2D eigenvalue weighted by Gasteiger charge is -2.39. The highest BCUT2D eigenvalue weighted by Gasteiger charge is 2.24. The topological polar surface area (TPSA) is 61.0 Å². The van der Waals surface area contributed by atoms with E-state index in [1.54, 1.807) is 0 Å². The van der Waals surface area contributed by atoms with Crippen LogP contribution in [0.3, 0.4) is 0 Å². The molecule has 0 bridgehead atoms. The molecule has 41 heavy (non-hydrogen) atoms. The molecule has 6 rings (SSSR count). The van der Waals surface area contributed by atoms with Crippen molar-refractivity contribution in [1.29, 1.82) is 0 Å². The summed E-state index contributed by atoms with van der Waals surface area (Å²) in [5.74, 6) is 0.454. The quantitative estimate of drug-likeness (QED) is 0.235. The number of piperidine rings is 1. The van der Waals surface area contributed by atoms with Crippen LogP contribution >= 0.6 is 0 Å². The third kappa shape index (κ3) is 10.3. The molecule has 0 amide bonds. The normalized spacial score (nSPS) is 18.3. The molecular weight excluding hydrogens is 504 g/mol. The molecule has 2 N–H and O–H groups in total. The molecule has 0 spiro atoms. The summed E-state index contributed by atoms with van der Waals surface area (Å²) in [7, 11) is 1.91. The lowest BCUT2D eigenvalue weighted by molar-refractivity contribution is -0.108. The third-order valence-corrected chi connectivity index (χ3v) is 7.53. The van der Waals surface area contributed by atoms with Gasteiger partial charge in [0.05, 0.1) is 11.2 Å². The van der Waals surface area contributed by atoms with Gasteiger partial charge >= 0.3 is 0 Å². The minimum Gasteiger partial charge on any atom is -0.388 e. The maximum atomic E-state index is 9.57. The Hall–Kier alpha value is -3.70. The smallest absolute Gasteiger partial charge is 0.123 e. The molecule has 2 atom stereocenters. The standard InChI is InChI=1S/C23H27N3.C7H9N.C4H6O.C2H6/c1-17-6-5-7-18(2)26(17)16-20-12-10-19(11-13-20)14-15-23-21-8-3-4-9-22(21)24-25-23;1-8-7-5-3-2-4-6-7;5-3-4-1-2-4;1-2/h3-4,8-15,17-18H,5-7,16H2,1-2H3,(H,24,25);2-6,8H,1H3;3-4H,1-2H2;1-2H3/b15-14+;;;. The number of aromatic amines is 1. The van der Waals surface area contributed by atoms with Gasteiger partial charge in [0, 0.05) is 42.7 Å². The first-order valence-corrected chi connectivity index (χ1v) is 15.2. The third-order valence-electron chi connectivity index (χ3n) is 7.53. The van der Waals surface area contributed by atoms with E-state index in [0.717, 1.165) is 48.0 Å². The number of benzene rings is 3. The molecular formula is C36H48N4O. The molecule has 2 heterocycles. The second kappa shape index (κ2) is 17.2. The van der Waals surface area contributed by atoms with Crippen molar-refractivity contribution >= 4 is 35.0 Å². The molecule has 0 radical (unpaired) electrons. The molecule has 1 saturated heterocycles. The SMILES string of the molecule is CC.CC1CCCC(C)N1Cc1ccc(/C=C/c2n[nH]c3ccccc23)cc1.CNc1ccccc1.O=CC1CC1. The van der Waals surface area contributed by atoms with Gasteiger partial charge in [0.15, 0.2) is 0 Å². The first-order valence-electron chi connectivity index (χ1n) is 15.2. The summed E-state index contributed by atoms with van der Waals surface area (Å²) in [6, 6.07) is 28.6. The van der Waals surface area contributed by atoms with Crippen LogP contribution < -0.4 is 5.32 Å². The van der Waals surface area contributed by atoms with Gasteiger partial charge in [-0.25, -0.2) is 0 Å². The zero-order chi connectivity index (χ0) is 29.5. The van der Waals surface area contributed by atoms with Crippen LogP contribution in [0.15, 0.2) is 78.9 Å². The van der Waals surface area contributed by atoms with Gasteiger partial charge in [-0.05, 0) is 74.9 Å². The van der Waals surface area contributed by atoms with E-state index >= 15 is 0 Å². The van der Waals surface area contributed by atoms with Gasteiger partial charge in [0.25, 0.3) is 0 Å². The first-order chi connectivity index (χ1) is 20.1. The zero-order valence-electron chi connectivity index (χ0n) is 25.5. The highest BCUT2D eigenvalue weighted by Crippen LogP contribution is 2.26. The fourth-order valence-electron chi connectivity index (χ4n) is 4.86. The number of hydrogen-bond acceptors (Lipinski definition) is 4. The van der Waals surface area contributed by atoms with Gasteiger partial charge in [-0.15, -0.1) is 0 Å². The molecule has 218 valence electrons. The number of para-hydroxylation sites is 2. The number of H-pyrrole nitrogens is 1. The summed E-state index contributed by atoms with van der Waals surface area (Å²) in [6.07, 6.45) is 11.5. The van der Waals surface area contributed by atoms with E-state index in [1.807, 2.05) is 63.4 Å². The number of fused-ring (bicyclic) bond motifs is 1. The molecule has 1 aromatic heterocycles. The van der Waals surface area contributed by atoms with Crippen LogP contribution in [0.4, 0.5) is 5.69 Å². The van der Waals surface area contributed by atoms with Crippen molar-refractivity contribution in [2.24, 2.45) is 5.92 Å². The molecule has 5 heteroatoms. The average Bonchev–Trinajstić information content (AvgIpc) is 3.79. The summed E-state index contributed by atoms with van der Waals surface area (Å²) >= 11 is 0. The minimum atomic E-state index is 0.454. The van der Waals surface area contributed by atoms with E-state index in [2.05, 4.69) is 82.8 Å². The number of nitrogens with one attached hydrogen (secondary N) is 2. The molecule has 2 aliphatic rings. The Morgan fingerprint density at radius 2 is 1.49 bits per heavy atom. The van der Waals surface area contributed by atoms with Crippen molar-refractivity contribution in [2.75, 3.05) is 12.4 Å². The lowest BCUT2D eigenvalue weighted by atomic mass is 9.96. The monoisotopic (exact) mass is 552 g/mol. The molecule has 4 aromatic rings. The van der Waals surface area contributed by atoms with Crippen LogP contribution in [0.25, 0.3) is 23.1 Å². The van der Waals surface area contributed by atoms with Crippen molar-refractivity contribution < 1.29 is 4.79 Å². The molecule has 1 aliphatic carbocycles. The van der Waals surface area contributed by atoms with E-state index in [4.69, 9.17) is 0 Å². The molecule has 3 aromatic carbocycles. The predicted molar refractivity (Wildman–Crippen MR) is 176 cm³/mol.